The van der Waals surface area contributed by atoms with Crippen molar-refractivity contribution in [1.82, 2.24) is 10.2 Å². The van der Waals surface area contributed by atoms with E-state index >= 15 is 0 Å². The van der Waals surface area contributed by atoms with Crippen LogP contribution in [0.1, 0.15) is 37.8 Å². The molecule has 1 atom stereocenters. The summed E-state index contributed by atoms with van der Waals surface area (Å²) in [6, 6.07) is 10.9. The number of halogens is 3. The van der Waals surface area contributed by atoms with E-state index in [0.29, 0.717) is 27.9 Å². The number of nitrogens with zero attached hydrogens (tertiary/aromatic N) is 1. The first-order chi connectivity index (χ1) is 14.8. The summed E-state index contributed by atoms with van der Waals surface area (Å²) in [5.41, 5.74) is 1.32. The molecule has 4 nitrogen and oxygen atoms in total. The maximum absolute atomic E-state index is 14.2. The number of carbonyl (C=O) groups is 2. The molecule has 1 N–H and O–H groups in total. The van der Waals surface area contributed by atoms with Crippen molar-refractivity contribution in [2.75, 3.05) is 12.3 Å². The van der Waals surface area contributed by atoms with Crippen molar-refractivity contribution in [3.05, 3.63) is 69.5 Å². The lowest BCUT2D eigenvalue weighted by Crippen LogP contribution is -2.48. The Bertz CT molecular complexity index is 898. The van der Waals surface area contributed by atoms with Gasteiger partial charge in [-0.15, -0.1) is 11.8 Å². The largest absolute Gasteiger partial charge is 0.354 e. The maximum Gasteiger partial charge on any atom is 0.242 e. The van der Waals surface area contributed by atoms with Crippen molar-refractivity contribution in [1.29, 1.82) is 0 Å². The molecule has 2 rings (SSSR count). The van der Waals surface area contributed by atoms with E-state index in [9.17, 15) is 14.0 Å². The smallest absolute Gasteiger partial charge is 0.242 e. The van der Waals surface area contributed by atoms with Gasteiger partial charge in [0.05, 0.1) is 15.8 Å². The van der Waals surface area contributed by atoms with Gasteiger partial charge in [0.2, 0.25) is 11.8 Å². The van der Waals surface area contributed by atoms with Crippen LogP contribution in [0.5, 0.6) is 0 Å². The van der Waals surface area contributed by atoms with Gasteiger partial charge >= 0.3 is 0 Å². The lowest BCUT2D eigenvalue weighted by Gasteiger charge is -2.29. The highest BCUT2D eigenvalue weighted by atomic mass is 35.5. The van der Waals surface area contributed by atoms with Crippen LogP contribution in [0.15, 0.2) is 42.5 Å². The van der Waals surface area contributed by atoms with E-state index in [1.807, 2.05) is 13.0 Å². The minimum absolute atomic E-state index is 0.0290. The maximum atomic E-state index is 14.2. The van der Waals surface area contributed by atoms with Crippen LogP contribution in [-0.2, 0) is 21.9 Å². The summed E-state index contributed by atoms with van der Waals surface area (Å²) in [6.45, 7) is 4.28. The topological polar surface area (TPSA) is 49.4 Å². The van der Waals surface area contributed by atoms with Crippen LogP contribution in [0.4, 0.5) is 4.39 Å². The van der Waals surface area contributed by atoms with E-state index in [1.54, 1.807) is 37.3 Å². The molecule has 0 aliphatic heterocycles. The summed E-state index contributed by atoms with van der Waals surface area (Å²) in [5.74, 6) is -0.157. The molecule has 0 aliphatic carbocycles. The summed E-state index contributed by atoms with van der Waals surface area (Å²) in [5, 5.41) is 3.79. The van der Waals surface area contributed by atoms with Gasteiger partial charge in [0.25, 0.3) is 0 Å². The van der Waals surface area contributed by atoms with Crippen LogP contribution in [0.25, 0.3) is 0 Å². The Balaban J connectivity index is 2.06. The van der Waals surface area contributed by atoms with Gasteiger partial charge in [-0.25, -0.2) is 4.39 Å². The molecule has 2 aromatic rings. The Morgan fingerprint density at radius 2 is 1.90 bits per heavy atom. The third-order valence-corrected chi connectivity index (χ3v) is 6.50. The SMILES string of the molecule is CCCCNC(=O)[C@H](C)N(Cc1ccccc1F)C(=O)CSCc1ccc(Cl)c(Cl)c1. The monoisotopic (exact) mass is 484 g/mol. The number of unbranched alkanes of at least 4 members (excludes halogenated alkanes) is 1. The van der Waals surface area contributed by atoms with E-state index < -0.39 is 11.9 Å². The fraction of sp³-hybridized carbons (Fsp3) is 0.391. The molecule has 0 spiro atoms. The van der Waals surface area contributed by atoms with Crippen molar-refractivity contribution in [2.24, 2.45) is 0 Å². The van der Waals surface area contributed by atoms with Crippen LogP contribution in [0, 0.1) is 5.82 Å². The highest BCUT2D eigenvalue weighted by Crippen LogP contribution is 2.25. The Kier molecular flexibility index (Phi) is 10.6. The van der Waals surface area contributed by atoms with Crippen LogP contribution < -0.4 is 5.32 Å². The van der Waals surface area contributed by atoms with Gasteiger partial charge in [-0.3, -0.25) is 9.59 Å². The predicted molar refractivity (Wildman–Crippen MR) is 127 cm³/mol. The molecule has 0 unspecified atom stereocenters. The van der Waals surface area contributed by atoms with Gasteiger partial charge in [0.15, 0.2) is 0 Å². The van der Waals surface area contributed by atoms with Gasteiger partial charge in [-0.2, -0.15) is 0 Å². The van der Waals surface area contributed by atoms with E-state index in [2.05, 4.69) is 5.32 Å². The molecule has 0 saturated carbocycles. The molecule has 0 aliphatic rings. The van der Waals surface area contributed by atoms with Crippen LogP contribution in [-0.4, -0.2) is 35.1 Å². The number of nitrogens with one attached hydrogen (secondary N) is 1. The molecule has 2 amide bonds. The van der Waals surface area contributed by atoms with E-state index in [4.69, 9.17) is 23.2 Å². The third kappa shape index (κ3) is 8.02. The van der Waals surface area contributed by atoms with Crippen molar-refractivity contribution >= 4 is 46.8 Å². The fourth-order valence-electron chi connectivity index (χ4n) is 2.90. The molecular formula is C23H27Cl2FN2O2S. The van der Waals surface area contributed by atoms with Gasteiger partial charge in [0, 0.05) is 24.4 Å². The molecule has 8 heteroatoms. The summed E-state index contributed by atoms with van der Waals surface area (Å²) in [6.07, 6.45) is 1.82. The highest BCUT2D eigenvalue weighted by Gasteiger charge is 2.26. The second-order valence-electron chi connectivity index (χ2n) is 7.17. The Morgan fingerprint density at radius 3 is 2.58 bits per heavy atom. The lowest BCUT2D eigenvalue weighted by atomic mass is 10.1. The van der Waals surface area contributed by atoms with Gasteiger partial charge in [0.1, 0.15) is 11.9 Å². The zero-order chi connectivity index (χ0) is 22.8. The van der Waals surface area contributed by atoms with Gasteiger partial charge < -0.3 is 10.2 Å². The number of benzene rings is 2. The molecule has 0 heterocycles. The third-order valence-electron chi connectivity index (χ3n) is 4.77. The number of hydrogen-bond donors (Lipinski definition) is 1. The van der Waals surface area contributed by atoms with Crippen molar-refractivity contribution < 1.29 is 14.0 Å². The second kappa shape index (κ2) is 12.9. The summed E-state index contributed by atoms with van der Waals surface area (Å²) >= 11 is 13.4. The Hall–Kier alpha value is -1.76. The standard InChI is InChI=1S/C23H27Cl2FN2O2S/c1-3-4-11-27-23(30)16(2)28(13-18-7-5-6-8-21(18)26)22(29)15-31-14-17-9-10-19(24)20(25)12-17/h5-10,12,16H,3-4,11,13-15H2,1-2H3,(H,27,30)/t16-/m0/s1. The quantitative estimate of drug-likeness (QED) is 0.416. The number of amides is 2. The van der Waals surface area contributed by atoms with Crippen molar-refractivity contribution in [2.45, 2.75) is 45.0 Å². The molecule has 0 aromatic heterocycles. The summed E-state index contributed by atoms with van der Waals surface area (Å²) in [4.78, 5) is 27.0. The first-order valence-corrected chi connectivity index (χ1v) is 12.1. The molecule has 31 heavy (non-hydrogen) atoms. The minimum Gasteiger partial charge on any atom is -0.354 e. The average molecular weight is 485 g/mol. The first-order valence-electron chi connectivity index (χ1n) is 10.2. The normalized spacial score (nSPS) is 11.8. The number of hydrogen-bond acceptors (Lipinski definition) is 3. The van der Waals surface area contributed by atoms with Crippen LogP contribution in [0.3, 0.4) is 0 Å². The Labute approximate surface area is 197 Å². The van der Waals surface area contributed by atoms with Gasteiger partial charge in [-0.05, 0) is 37.1 Å². The van der Waals surface area contributed by atoms with Crippen LogP contribution >= 0.6 is 35.0 Å². The van der Waals surface area contributed by atoms with E-state index in [-0.39, 0.29) is 24.1 Å². The summed E-state index contributed by atoms with van der Waals surface area (Å²) in [7, 11) is 0. The van der Waals surface area contributed by atoms with E-state index in [1.165, 1.54) is 22.7 Å². The second-order valence-corrected chi connectivity index (χ2v) is 8.97. The van der Waals surface area contributed by atoms with Gasteiger partial charge in [-0.1, -0.05) is 60.8 Å². The molecule has 0 radical (unpaired) electrons. The number of rotatable bonds is 11. The van der Waals surface area contributed by atoms with Crippen molar-refractivity contribution in [3.8, 4) is 0 Å². The van der Waals surface area contributed by atoms with Crippen molar-refractivity contribution in [3.63, 3.8) is 0 Å². The minimum atomic E-state index is -0.713. The molecule has 0 bridgehead atoms. The summed E-state index contributed by atoms with van der Waals surface area (Å²) < 4.78 is 14.2. The molecule has 2 aromatic carbocycles. The number of thioether (sulfide) groups is 1. The zero-order valence-electron chi connectivity index (χ0n) is 17.7. The predicted octanol–water partition coefficient (Wildman–Crippen LogP) is 5.70. The average Bonchev–Trinajstić information content (AvgIpc) is 2.75. The molecule has 0 fully saturated rings. The molecule has 168 valence electrons. The lowest BCUT2D eigenvalue weighted by molar-refractivity contribution is -0.138. The highest BCUT2D eigenvalue weighted by molar-refractivity contribution is 7.99. The molecular weight excluding hydrogens is 458 g/mol. The first kappa shape index (κ1) is 25.5. The number of carbonyl (C=O) groups excluding carboxylic acids is 2. The van der Waals surface area contributed by atoms with Crippen LogP contribution in [0.2, 0.25) is 10.0 Å². The van der Waals surface area contributed by atoms with E-state index in [0.717, 1.165) is 18.4 Å². The Morgan fingerprint density at radius 1 is 1.16 bits per heavy atom. The molecule has 0 saturated heterocycles. The zero-order valence-corrected chi connectivity index (χ0v) is 20.0. The fourth-order valence-corrected chi connectivity index (χ4v) is 4.08.